The van der Waals surface area contributed by atoms with E-state index in [-0.39, 0.29) is 5.91 Å². The Bertz CT molecular complexity index is 688. The van der Waals surface area contributed by atoms with Crippen molar-refractivity contribution < 1.29 is 4.79 Å². The quantitative estimate of drug-likeness (QED) is 0.852. The van der Waals surface area contributed by atoms with Gasteiger partial charge in [-0.2, -0.15) is 0 Å². The molecule has 2 rings (SSSR count). The lowest BCUT2D eigenvalue weighted by Gasteiger charge is -2.12. The molecule has 0 radical (unpaired) electrons. The first-order valence-electron chi connectivity index (χ1n) is 7.38. The number of nitrogens with one attached hydrogen (secondary N) is 2. The zero-order valence-electron chi connectivity index (χ0n) is 13.6. The molecule has 0 saturated carbocycles. The third-order valence-electron chi connectivity index (χ3n) is 3.40. The van der Waals surface area contributed by atoms with Crippen molar-refractivity contribution in [2.75, 3.05) is 37.8 Å². The molecule has 122 valence electrons. The lowest BCUT2D eigenvalue weighted by Crippen LogP contribution is -2.21. The van der Waals surface area contributed by atoms with Gasteiger partial charge < -0.3 is 15.5 Å². The van der Waals surface area contributed by atoms with Crippen LogP contribution in [0.4, 0.5) is 11.4 Å². The van der Waals surface area contributed by atoms with Gasteiger partial charge >= 0.3 is 0 Å². The minimum Gasteiger partial charge on any atom is -0.384 e. The van der Waals surface area contributed by atoms with Crippen LogP contribution in [-0.4, -0.2) is 43.0 Å². The molecule has 6 heteroatoms. The molecule has 1 heterocycles. The Kier molecular flexibility index (Phi) is 5.96. The Morgan fingerprint density at radius 3 is 2.83 bits per heavy atom. The Hall–Kier alpha value is -2.11. The highest BCUT2D eigenvalue weighted by molar-refractivity contribution is 6.31. The molecule has 1 aromatic heterocycles. The van der Waals surface area contributed by atoms with Gasteiger partial charge in [0.2, 0.25) is 0 Å². The first kappa shape index (κ1) is 17.2. The topological polar surface area (TPSA) is 57.3 Å². The monoisotopic (exact) mass is 332 g/mol. The van der Waals surface area contributed by atoms with Gasteiger partial charge in [0.05, 0.1) is 0 Å². The number of likely N-dealkylation sites (N-methyl/N-ethyl adjacent to an activating group) is 1. The van der Waals surface area contributed by atoms with E-state index in [2.05, 4.69) is 20.5 Å². The van der Waals surface area contributed by atoms with Crippen molar-refractivity contribution in [3.63, 3.8) is 0 Å². The van der Waals surface area contributed by atoms with Crippen LogP contribution < -0.4 is 10.6 Å². The number of pyridine rings is 1. The maximum Gasteiger partial charge on any atom is 0.274 e. The summed E-state index contributed by atoms with van der Waals surface area (Å²) < 4.78 is 0. The molecule has 5 nitrogen and oxygen atoms in total. The Morgan fingerprint density at radius 2 is 2.09 bits per heavy atom. The van der Waals surface area contributed by atoms with Crippen LogP contribution >= 0.6 is 11.6 Å². The number of nitrogens with zero attached hydrogens (tertiary/aromatic N) is 2. The van der Waals surface area contributed by atoms with Crippen molar-refractivity contribution in [3.05, 3.63) is 52.8 Å². The molecule has 0 bridgehead atoms. The second kappa shape index (κ2) is 7.94. The van der Waals surface area contributed by atoms with Gasteiger partial charge in [-0.3, -0.25) is 9.78 Å². The zero-order valence-corrected chi connectivity index (χ0v) is 14.3. The van der Waals surface area contributed by atoms with Crippen molar-refractivity contribution in [2.45, 2.75) is 6.92 Å². The summed E-state index contributed by atoms with van der Waals surface area (Å²) in [5.74, 6) is -0.258. The maximum atomic E-state index is 12.4. The van der Waals surface area contributed by atoms with Crippen LogP contribution in [0.25, 0.3) is 0 Å². The van der Waals surface area contributed by atoms with Crippen molar-refractivity contribution in [1.82, 2.24) is 9.88 Å². The normalized spacial score (nSPS) is 10.7. The number of anilines is 2. The van der Waals surface area contributed by atoms with Gasteiger partial charge in [0.1, 0.15) is 5.69 Å². The Morgan fingerprint density at radius 1 is 1.30 bits per heavy atom. The van der Waals surface area contributed by atoms with Crippen molar-refractivity contribution in [2.24, 2.45) is 0 Å². The average Bonchev–Trinajstić information content (AvgIpc) is 2.52. The Balaban J connectivity index is 2.06. The summed E-state index contributed by atoms with van der Waals surface area (Å²) in [6.07, 6.45) is 1.62. The summed E-state index contributed by atoms with van der Waals surface area (Å²) in [6, 6.07) is 9.00. The molecule has 0 aliphatic rings. The van der Waals surface area contributed by atoms with Crippen LogP contribution in [-0.2, 0) is 0 Å². The summed E-state index contributed by atoms with van der Waals surface area (Å²) in [6.45, 7) is 3.57. The predicted molar refractivity (Wildman–Crippen MR) is 95.4 cm³/mol. The van der Waals surface area contributed by atoms with Gasteiger partial charge in [0.25, 0.3) is 5.91 Å². The summed E-state index contributed by atoms with van der Waals surface area (Å²) in [4.78, 5) is 18.6. The SMILES string of the molecule is Cc1c(Cl)cccc1NC(=O)c1cc(NCCN(C)C)ccn1. The number of hydrogen-bond acceptors (Lipinski definition) is 4. The van der Waals surface area contributed by atoms with Gasteiger partial charge in [-0.1, -0.05) is 17.7 Å². The second-order valence-electron chi connectivity index (χ2n) is 5.53. The second-order valence-corrected chi connectivity index (χ2v) is 5.93. The van der Waals surface area contributed by atoms with Crippen molar-refractivity contribution in [3.8, 4) is 0 Å². The zero-order chi connectivity index (χ0) is 16.8. The van der Waals surface area contributed by atoms with Crippen LogP contribution in [0.2, 0.25) is 5.02 Å². The maximum absolute atomic E-state index is 12.4. The van der Waals surface area contributed by atoms with Crippen LogP contribution in [0.5, 0.6) is 0 Å². The molecular weight excluding hydrogens is 312 g/mol. The molecule has 23 heavy (non-hydrogen) atoms. The summed E-state index contributed by atoms with van der Waals surface area (Å²) in [5, 5.41) is 6.74. The molecule has 0 unspecified atom stereocenters. The first-order valence-corrected chi connectivity index (χ1v) is 7.76. The van der Waals surface area contributed by atoms with E-state index in [4.69, 9.17) is 11.6 Å². The number of halogens is 1. The number of amides is 1. The average molecular weight is 333 g/mol. The van der Waals surface area contributed by atoms with Crippen LogP contribution in [0.3, 0.4) is 0 Å². The van der Waals surface area contributed by atoms with E-state index in [0.717, 1.165) is 24.3 Å². The fraction of sp³-hybridized carbons (Fsp3) is 0.294. The van der Waals surface area contributed by atoms with Crippen LogP contribution in [0.1, 0.15) is 16.1 Å². The summed E-state index contributed by atoms with van der Waals surface area (Å²) >= 11 is 6.07. The van der Waals surface area contributed by atoms with E-state index in [1.807, 2.05) is 33.2 Å². The highest BCUT2D eigenvalue weighted by atomic mass is 35.5. The third-order valence-corrected chi connectivity index (χ3v) is 3.81. The largest absolute Gasteiger partial charge is 0.384 e. The number of carbonyl (C=O) groups excluding carboxylic acids is 1. The van der Waals surface area contributed by atoms with Crippen LogP contribution in [0.15, 0.2) is 36.5 Å². The molecule has 1 amide bonds. The molecule has 0 aliphatic carbocycles. The minimum atomic E-state index is -0.258. The first-order chi connectivity index (χ1) is 11.0. The number of aromatic nitrogens is 1. The van der Waals surface area contributed by atoms with Crippen molar-refractivity contribution >= 4 is 28.9 Å². The number of hydrogen-bond donors (Lipinski definition) is 2. The smallest absolute Gasteiger partial charge is 0.274 e. The van der Waals surface area contributed by atoms with E-state index in [1.54, 1.807) is 24.4 Å². The number of rotatable bonds is 6. The van der Waals surface area contributed by atoms with Gasteiger partial charge in [0.15, 0.2) is 0 Å². The molecule has 1 aromatic carbocycles. The minimum absolute atomic E-state index is 0.258. The number of carbonyl (C=O) groups is 1. The molecule has 0 aliphatic heterocycles. The molecule has 0 atom stereocenters. The summed E-state index contributed by atoms with van der Waals surface area (Å²) in [7, 11) is 4.03. The van der Waals surface area contributed by atoms with Crippen molar-refractivity contribution in [1.29, 1.82) is 0 Å². The number of benzene rings is 1. The van der Waals surface area contributed by atoms with Gasteiger partial charge in [-0.15, -0.1) is 0 Å². The highest BCUT2D eigenvalue weighted by Crippen LogP contribution is 2.23. The van der Waals surface area contributed by atoms with Crippen LogP contribution in [0, 0.1) is 6.92 Å². The molecule has 0 spiro atoms. The molecule has 0 saturated heterocycles. The van der Waals surface area contributed by atoms with E-state index < -0.39 is 0 Å². The van der Waals surface area contributed by atoms with E-state index in [9.17, 15) is 4.79 Å². The Labute approximate surface area is 141 Å². The van der Waals surface area contributed by atoms with E-state index in [1.165, 1.54) is 0 Å². The standard InChI is InChI=1S/C17H21ClN4O/c1-12-14(18)5-4-6-15(12)21-17(23)16-11-13(7-8-20-16)19-9-10-22(2)3/h4-8,11H,9-10H2,1-3H3,(H,19,20)(H,21,23). The predicted octanol–water partition coefficient (Wildman–Crippen LogP) is 3.27. The molecule has 0 fully saturated rings. The molecule has 2 aromatic rings. The third kappa shape index (κ3) is 4.94. The molecule has 2 N–H and O–H groups in total. The lowest BCUT2D eigenvalue weighted by molar-refractivity contribution is 0.102. The van der Waals surface area contributed by atoms with Gasteiger partial charge in [-0.05, 0) is 50.8 Å². The lowest BCUT2D eigenvalue weighted by atomic mass is 10.2. The summed E-state index contributed by atoms with van der Waals surface area (Å²) in [5.41, 5.74) is 2.76. The van der Waals surface area contributed by atoms with Gasteiger partial charge in [0, 0.05) is 35.7 Å². The fourth-order valence-electron chi connectivity index (χ4n) is 2.02. The highest BCUT2D eigenvalue weighted by Gasteiger charge is 2.11. The molecular formula is C17H21ClN4O. The fourth-order valence-corrected chi connectivity index (χ4v) is 2.19. The van der Waals surface area contributed by atoms with E-state index >= 15 is 0 Å². The van der Waals surface area contributed by atoms with Gasteiger partial charge in [-0.25, -0.2) is 0 Å². The van der Waals surface area contributed by atoms with E-state index in [0.29, 0.717) is 16.4 Å².